The average Bonchev–Trinajstić information content (AvgIpc) is 3.95. The van der Waals surface area contributed by atoms with Crippen LogP contribution in [0, 0.1) is 0 Å². The lowest BCUT2D eigenvalue weighted by Gasteiger charge is -2.31. The summed E-state index contributed by atoms with van der Waals surface area (Å²) in [5.41, 5.74) is 32.4. The molecule has 1 nitrogen and oxygen atoms in total. The normalized spacial score (nSPS) is 16.3. The van der Waals surface area contributed by atoms with E-state index in [0.717, 1.165) is 17.1 Å². The maximum absolute atomic E-state index is 2.58. The van der Waals surface area contributed by atoms with Gasteiger partial charge >= 0.3 is 0 Å². The fraction of sp³-hybridized carbons (Fsp3) is 0.270. The molecule has 0 spiro atoms. The molecule has 0 radical (unpaired) electrons. The molecule has 4 aliphatic carbocycles. The first kappa shape index (κ1) is 47.5. The molecule has 4 aliphatic rings. The molecule has 0 heterocycles. The molecule has 0 N–H and O–H groups in total. The van der Waals surface area contributed by atoms with E-state index in [1.807, 2.05) is 0 Å². The smallest absolute Gasteiger partial charge is 0.0473 e. The molecule has 0 bridgehead atoms. The third-order valence-electron chi connectivity index (χ3n) is 18.6. The van der Waals surface area contributed by atoms with Crippen molar-refractivity contribution in [3.8, 4) is 66.8 Å². The number of hydrogen-bond donors (Lipinski definition) is 0. The molecule has 0 fully saturated rings. The molecule has 0 atom stereocenters. The van der Waals surface area contributed by atoms with Crippen LogP contribution in [0.25, 0.3) is 66.8 Å². The Morgan fingerprint density at radius 3 is 0.947 bits per heavy atom. The molecule has 0 amide bonds. The maximum atomic E-state index is 2.58. The van der Waals surface area contributed by atoms with Gasteiger partial charge < -0.3 is 4.90 Å². The summed E-state index contributed by atoms with van der Waals surface area (Å²) in [6.07, 6.45) is 0. The molecular formula is C74H71N. The zero-order chi connectivity index (χ0) is 52.5. The second-order valence-corrected chi connectivity index (χ2v) is 26.7. The van der Waals surface area contributed by atoms with Crippen molar-refractivity contribution >= 4 is 17.1 Å². The standard InChI is InChI=1S/C74H71N/c1-69(2,3)48-25-31-57-59-33-27-50(42-67(59)73(11,12)65(57)40-48)75(51-28-34-60-58-32-26-49(70(4,5)6)41-66(58)74(13,14)68(60)43-51)52-36-46(44-23-29-55-53-19-15-17-21-61(53)71(7,8)63(55)38-44)35-47(37-52)45-24-30-56-54-20-16-18-22-62(54)72(9,10)64(56)39-45/h15-43H,1-14H3. The van der Waals surface area contributed by atoms with E-state index >= 15 is 0 Å². The van der Waals surface area contributed by atoms with E-state index in [2.05, 4.69) is 278 Å². The topological polar surface area (TPSA) is 3.24 Å². The molecule has 372 valence electrons. The van der Waals surface area contributed by atoms with Gasteiger partial charge in [0, 0.05) is 38.7 Å². The highest BCUT2D eigenvalue weighted by Gasteiger charge is 2.41. The van der Waals surface area contributed by atoms with E-state index in [-0.39, 0.29) is 32.5 Å². The van der Waals surface area contributed by atoms with Gasteiger partial charge in [0.2, 0.25) is 0 Å². The third kappa shape index (κ3) is 6.95. The van der Waals surface area contributed by atoms with Gasteiger partial charge in [0.25, 0.3) is 0 Å². The first-order chi connectivity index (χ1) is 35.4. The summed E-state index contributed by atoms with van der Waals surface area (Å²) >= 11 is 0. The fourth-order valence-corrected chi connectivity index (χ4v) is 14.0. The van der Waals surface area contributed by atoms with Gasteiger partial charge in [-0.05, 0) is 188 Å². The molecule has 0 unspecified atom stereocenters. The van der Waals surface area contributed by atoms with E-state index in [4.69, 9.17) is 0 Å². The van der Waals surface area contributed by atoms with Crippen LogP contribution in [0.15, 0.2) is 176 Å². The molecule has 0 saturated heterocycles. The Kier molecular flexibility index (Phi) is 9.92. The second-order valence-electron chi connectivity index (χ2n) is 26.7. The van der Waals surface area contributed by atoms with Gasteiger partial charge in [0.05, 0.1) is 0 Å². The van der Waals surface area contributed by atoms with Crippen LogP contribution < -0.4 is 4.90 Å². The Morgan fingerprint density at radius 1 is 0.253 bits per heavy atom. The van der Waals surface area contributed by atoms with E-state index in [9.17, 15) is 0 Å². The minimum Gasteiger partial charge on any atom is -0.310 e. The van der Waals surface area contributed by atoms with Crippen LogP contribution in [0.4, 0.5) is 17.1 Å². The summed E-state index contributed by atoms with van der Waals surface area (Å²) in [5.74, 6) is 0. The summed E-state index contributed by atoms with van der Waals surface area (Å²) in [7, 11) is 0. The molecular weight excluding hydrogens is 903 g/mol. The quantitative estimate of drug-likeness (QED) is 0.166. The Balaban J connectivity index is 1.04. The lowest BCUT2D eigenvalue weighted by Crippen LogP contribution is -2.19. The van der Waals surface area contributed by atoms with E-state index in [1.54, 1.807) is 0 Å². The average molecular weight is 974 g/mol. The van der Waals surface area contributed by atoms with Crippen LogP contribution in [-0.4, -0.2) is 0 Å². The van der Waals surface area contributed by atoms with Gasteiger partial charge in [-0.1, -0.05) is 218 Å². The van der Waals surface area contributed by atoms with Crippen molar-refractivity contribution in [1.29, 1.82) is 0 Å². The van der Waals surface area contributed by atoms with Crippen molar-refractivity contribution < 1.29 is 0 Å². The Bertz CT molecular complexity index is 3660. The predicted octanol–water partition coefficient (Wildman–Crippen LogP) is 20.3. The first-order valence-corrected chi connectivity index (χ1v) is 27.5. The highest BCUT2D eigenvalue weighted by atomic mass is 15.1. The molecule has 0 aliphatic heterocycles. The highest BCUT2D eigenvalue weighted by molar-refractivity contribution is 5.93. The number of fused-ring (bicyclic) bond motifs is 12. The number of anilines is 3. The van der Waals surface area contributed by atoms with Crippen molar-refractivity contribution in [2.45, 2.75) is 129 Å². The number of hydrogen-bond acceptors (Lipinski definition) is 1. The van der Waals surface area contributed by atoms with Gasteiger partial charge in [-0.3, -0.25) is 0 Å². The molecule has 13 rings (SSSR count). The third-order valence-corrected chi connectivity index (χ3v) is 18.6. The molecule has 0 aromatic heterocycles. The van der Waals surface area contributed by atoms with Crippen molar-refractivity contribution in [3.63, 3.8) is 0 Å². The zero-order valence-corrected chi connectivity index (χ0v) is 46.7. The summed E-state index contributed by atoms with van der Waals surface area (Å²) in [5, 5.41) is 0. The highest BCUT2D eigenvalue weighted by Crippen LogP contribution is 2.56. The van der Waals surface area contributed by atoms with Crippen LogP contribution >= 0.6 is 0 Å². The maximum Gasteiger partial charge on any atom is 0.0473 e. The van der Waals surface area contributed by atoms with Crippen molar-refractivity contribution in [1.82, 2.24) is 0 Å². The van der Waals surface area contributed by atoms with Crippen molar-refractivity contribution in [2.75, 3.05) is 4.90 Å². The minimum atomic E-state index is -0.198. The van der Waals surface area contributed by atoms with E-state index < -0.39 is 0 Å². The largest absolute Gasteiger partial charge is 0.310 e. The van der Waals surface area contributed by atoms with Crippen LogP contribution in [0.1, 0.15) is 153 Å². The molecule has 9 aromatic carbocycles. The van der Waals surface area contributed by atoms with Crippen LogP contribution in [0.3, 0.4) is 0 Å². The first-order valence-electron chi connectivity index (χ1n) is 27.5. The van der Waals surface area contributed by atoms with Gasteiger partial charge in [-0.15, -0.1) is 0 Å². The number of nitrogens with zero attached hydrogens (tertiary/aromatic N) is 1. The predicted molar refractivity (Wildman–Crippen MR) is 320 cm³/mol. The molecule has 9 aromatic rings. The Morgan fingerprint density at radius 2 is 0.560 bits per heavy atom. The minimum absolute atomic E-state index is 0.0526. The van der Waals surface area contributed by atoms with Crippen LogP contribution in [0.2, 0.25) is 0 Å². The molecule has 0 saturated carbocycles. The Labute approximate surface area is 447 Å². The number of benzene rings is 9. The SMILES string of the molecule is CC(C)(C)c1ccc2c(c1)C(C)(C)c1cc(N(c3cc(-c4ccc5c(c4)C(C)(C)c4ccccc4-5)cc(-c4ccc5c(c4)C(C)(C)c4ccccc4-5)c3)c3ccc4c(c3)C(C)(C)c3cc(C(C)(C)C)ccc3-4)ccc1-2. The van der Waals surface area contributed by atoms with Crippen molar-refractivity contribution in [2.24, 2.45) is 0 Å². The van der Waals surface area contributed by atoms with Crippen LogP contribution in [-0.2, 0) is 32.5 Å². The second kappa shape index (κ2) is 15.7. The van der Waals surface area contributed by atoms with Gasteiger partial charge in [0.1, 0.15) is 0 Å². The lowest BCUT2D eigenvalue weighted by atomic mass is 9.79. The Hall–Kier alpha value is -7.22. The summed E-state index contributed by atoms with van der Waals surface area (Å²) in [6, 6.07) is 69.0. The van der Waals surface area contributed by atoms with Crippen molar-refractivity contribution in [3.05, 3.63) is 232 Å². The molecule has 1 heteroatoms. The van der Waals surface area contributed by atoms with Gasteiger partial charge in [-0.25, -0.2) is 0 Å². The van der Waals surface area contributed by atoms with Gasteiger partial charge in [-0.2, -0.15) is 0 Å². The lowest BCUT2D eigenvalue weighted by molar-refractivity contribution is 0.584. The fourth-order valence-electron chi connectivity index (χ4n) is 14.0. The van der Waals surface area contributed by atoms with Crippen LogP contribution in [0.5, 0.6) is 0 Å². The summed E-state index contributed by atoms with van der Waals surface area (Å²) in [4.78, 5) is 2.58. The van der Waals surface area contributed by atoms with E-state index in [1.165, 1.54) is 122 Å². The molecule has 75 heavy (non-hydrogen) atoms. The zero-order valence-electron chi connectivity index (χ0n) is 46.7. The summed E-state index contributed by atoms with van der Waals surface area (Å²) < 4.78 is 0. The monoisotopic (exact) mass is 974 g/mol. The van der Waals surface area contributed by atoms with Gasteiger partial charge in [0.15, 0.2) is 0 Å². The summed E-state index contributed by atoms with van der Waals surface area (Å²) in [6.45, 7) is 33.3. The number of rotatable bonds is 5. The van der Waals surface area contributed by atoms with E-state index in [0.29, 0.717) is 0 Å².